The lowest BCUT2D eigenvalue weighted by molar-refractivity contribution is -0.117. The van der Waals surface area contributed by atoms with Gasteiger partial charge in [0.15, 0.2) is 0 Å². The molecule has 2 nitrogen and oxygen atoms in total. The van der Waals surface area contributed by atoms with Crippen molar-refractivity contribution in [3.05, 3.63) is 77.2 Å². The second-order valence-corrected chi connectivity index (χ2v) is 6.47. The first kappa shape index (κ1) is 16.4. The number of carbonyl (C=O) groups is 1. The summed E-state index contributed by atoms with van der Waals surface area (Å²) in [7, 11) is 0. The highest BCUT2D eigenvalue weighted by molar-refractivity contribution is 8.04. The molecule has 2 rings (SSSR count). The quantitative estimate of drug-likeness (QED) is 0.622. The Morgan fingerprint density at radius 2 is 1.64 bits per heavy atom. The number of amides is 1. The maximum atomic E-state index is 12.5. The number of nitrogens with one attached hydrogen (secondary N) is 1. The molecule has 0 saturated carbocycles. The summed E-state index contributed by atoms with van der Waals surface area (Å²) in [5, 5.41) is 3.00. The van der Waals surface area contributed by atoms with Gasteiger partial charge in [0.2, 0.25) is 0 Å². The van der Waals surface area contributed by atoms with Crippen LogP contribution in [0.2, 0.25) is 0 Å². The van der Waals surface area contributed by atoms with Crippen LogP contribution in [-0.4, -0.2) is 5.91 Å². The molecule has 0 atom stereocenters. The first-order chi connectivity index (χ1) is 10.6. The highest BCUT2D eigenvalue weighted by Crippen LogP contribution is 2.27. The van der Waals surface area contributed by atoms with Crippen molar-refractivity contribution >= 4 is 17.7 Å². The summed E-state index contributed by atoms with van der Waals surface area (Å²) < 4.78 is 0. The second kappa shape index (κ2) is 8.44. The molecule has 0 aliphatic heterocycles. The standard InChI is InChI=1S/C19H21NOS/c1-15(2)13-18(22-17-11-7-4-8-12-17)19(21)20-14-16-9-5-3-6-10-16/h3-13,15H,14H2,1-2H3,(H,20,21)/b18-13+. The van der Waals surface area contributed by atoms with Crippen molar-refractivity contribution < 1.29 is 4.79 Å². The molecule has 0 radical (unpaired) electrons. The van der Waals surface area contributed by atoms with Gasteiger partial charge in [-0.25, -0.2) is 0 Å². The van der Waals surface area contributed by atoms with E-state index in [4.69, 9.17) is 0 Å². The van der Waals surface area contributed by atoms with Gasteiger partial charge in [0.25, 0.3) is 5.91 Å². The molecule has 0 heterocycles. The van der Waals surface area contributed by atoms with Crippen molar-refractivity contribution in [2.24, 2.45) is 5.92 Å². The molecular formula is C19H21NOS. The summed E-state index contributed by atoms with van der Waals surface area (Å²) in [6, 6.07) is 19.9. The van der Waals surface area contributed by atoms with Crippen LogP contribution in [0.15, 0.2) is 76.5 Å². The van der Waals surface area contributed by atoms with Gasteiger partial charge in [-0.3, -0.25) is 4.79 Å². The number of hydrogen-bond acceptors (Lipinski definition) is 2. The third-order valence-electron chi connectivity index (χ3n) is 2.98. The minimum atomic E-state index is -0.0218. The first-order valence-electron chi connectivity index (χ1n) is 7.42. The van der Waals surface area contributed by atoms with Crippen LogP contribution in [0.1, 0.15) is 19.4 Å². The molecular weight excluding hydrogens is 290 g/mol. The number of allylic oxidation sites excluding steroid dienone is 1. The fourth-order valence-corrected chi connectivity index (χ4v) is 2.99. The molecule has 0 fully saturated rings. The number of hydrogen-bond donors (Lipinski definition) is 1. The monoisotopic (exact) mass is 311 g/mol. The normalized spacial score (nSPS) is 11.5. The average Bonchev–Trinajstić information content (AvgIpc) is 2.53. The fourth-order valence-electron chi connectivity index (χ4n) is 1.94. The Morgan fingerprint density at radius 3 is 2.23 bits per heavy atom. The summed E-state index contributed by atoms with van der Waals surface area (Å²) in [5.41, 5.74) is 1.10. The molecule has 1 amide bonds. The Morgan fingerprint density at radius 1 is 1.05 bits per heavy atom. The number of benzene rings is 2. The van der Waals surface area contributed by atoms with Crippen LogP contribution in [0.25, 0.3) is 0 Å². The molecule has 0 aromatic heterocycles. The van der Waals surface area contributed by atoms with Crippen molar-refractivity contribution in [3.63, 3.8) is 0 Å². The SMILES string of the molecule is CC(C)/C=C(/Sc1ccccc1)C(=O)NCc1ccccc1. The Kier molecular flexibility index (Phi) is 6.28. The van der Waals surface area contributed by atoms with E-state index in [-0.39, 0.29) is 5.91 Å². The van der Waals surface area contributed by atoms with Gasteiger partial charge in [0.05, 0.1) is 4.91 Å². The van der Waals surface area contributed by atoms with Crippen LogP contribution < -0.4 is 5.32 Å². The van der Waals surface area contributed by atoms with Gasteiger partial charge >= 0.3 is 0 Å². The molecule has 0 aliphatic carbocycles. The van der Waals surface area contributed by atoms with E-state index < -0.39 is 0 Å². The van der Waals surface area contributed by atoms with Crippen LogP contribution in [-0.2, 0) is 11.3 Å². The van der Waals surface area contributed by atoms with Crippen molar-refractivity contribution in [3.8, 4) is 0 Å². The molecule has 0 bridgehead atoms. The third-order valence-corrected chi connectivity index (χ3v) is 4.02. The maximum Gasteiger partial charge on any atom is 0.257 e. The van der Waals surface area contributed by atoms with E-state index in [1.54, 1.807) is 0 Å². The van der Waals surface area contributed by atoms with Crippen molar-refractivity contribution in [2.45, 2.75) is 25.3 Å². The lowest BCUT2D eigenvalue weighted by Gasteiger charge is -2.10. The number of rotatable bonds is 6. The highest BCUT2D eigenvalue weighted by Gasteiger charge is 2.11. The molecule has 0 unspecified atom stereocenters. The van der Waals surface area contributed by atoms with E-state index in [1.165, 1.54) is 11.8 Å². The lowest BCUT2D eigenvalue weighted by atomic mass is 10.2. The van der Waals surface area contributed by atoms with E-state index >= 15 is 0 Å². The topological polar surface area (TPSA) is 29.1 Å². The fraction of sp³-hybridized carbons (Fsp3) is 0.211. The predicted octanol–water partition coefficient (Wildman–Crippen LogP) is 4.64. The van der Waals surface area contributed by atoms with Gasteiger partial charge in [-0.15, -0.1) is 0 Å². The van der Waals surface area contributed by atoms with Gasteiger partial charge in [-0.05, 0) is 23.6 Å². The molecule has 0 aliphatic rings. The van der Waals surface area contributed by atoms with Gasteiger partial charge < -0.3 is 5.32 Å². The highest BCUT2D eigenvalue weighted by atomic mass is 32.2. The minimum Gasteiger partial charge on any atom is -0.348 e. The van der Waals surface area contributed by atoms with E-state index in [1.807, 2.05) is 66.7 Å². The van der Waals surface area contributed by atoms with Gasteiger partial charge in [-0.1, -0.05) is 80.2 Å². The largest absolute Gasteiger partial charge is 0.348 e. The van der Waals surface area contributed by atoms with Crippen LogP contribution in [0.4, 0.5) is 0 Å². The van der Waals surface area contributed by atoms with Gasteiger partial charge in [-0.2, -0.15) is 0 Å². The molecule has 2 aromatic carbocycles. The second-order valence-electron chi connectivity index (χ2n) is 5.36. The Balaban J connectivity index is 2.04. The van der Waals surface area contributed by atoms with Gasteiger partial charge in [0, 0.05) is 11.4 Å². The van der Waals surface area contributed by atoms with E-state index in [9.17, 15) is 4.79 Å². The Labute approximate surface area is 136 Å². The lowest BCUT2D eigenvalue weighted by Crippen LogP contribution is -2.23. The molecule has 0 saturated heterocycles. The smallest absolute Gasteiger partial charge is 0.257 e. The summed E-state index contributed by atoms with van der Waals surface area (Å²) in [6.45, 7) is 4.70. The molecule has 1 N–H and O–H groups in total. The zero-order valence-corrected chi connectivity index (χ0v) is 13.8. The van der Waals surface area contributed by atoms with Crippen LogP contribution in [0.3, 0.4) is 0 Å². The Bertz CT molecular complexity index is 620. The summed E-state index contributed by atoms with van der Waals surface area (Å²) >= 11 is 1.51. The minimum absolute atomic E-state index is 0.0218. The first-order valence-corrected chi connectivity index (χ1v) is 8.23. The molecule has 114 valence electrons. The van der Waals surface area contributed by atoms with E-state index in [0.717, 1.165) is 15.4 Å². The zero-order chi connectivity index (χ0) is 15.8. The van der Waals surface area contributed by atoms with E-state index in [0.29, 0.717) is 12.5 Å². The van der Waals surface area contributed by atoms with Crippen molar-refractivity contribution in [1.82, 2.24) is 5.32 Å². The predicted molar refractivity (Wildman–Crippen MR) is 93.5 cm³/mol. The number of thioether (sulfide) groups is 1. The van der Waals surface area contributed by atoms with Crippen molar-refractivity contribution in [1.29, 1.82) is 0 Å². The van der Waals surface area contributed by atoms with Crippen LogP contribution in [0, 0.1) is 5.92 Å². The Hall–Kier alpha value is -2.00. The number of carbonyl (C=O) groups excluding carboxylic acids is 1. The molecule has 2 aromatic rings. The summed E-state index contributed by atoms with van der Waals surface area (Å²) in [6.07, 6.45) is 2.01. The molecule has 3 heteroatoms. The summed E-state index contributed by atoms with van der Waals surface area (Å²) in [4.78, 5) is 14.3. The molecule has 22 heavy (non-hydrogen) atoms. The average molecular weight is 311 g/mol. The maximum absolute atomic E-state index is 12.5. The third kappa shape index (κ3) is 5.41. The van der Waals surface area contributed by atoms with E-state index in [2.05, 4.69) is 19.2 Å². The van der Waals surface area contributed by atoms with Gasteiger partial charge in [0.1, 0.15) is 0 Å². The molecule has 0 spiro atoms. The van der Waals surface area contributed by atoms with Crippen LogP contribution in [0.5, 0.6) is 0 Å². The van der Waals surface area contributed by atoms with Crippen molar-refractivity contribution in [2.75, 3.05) is 0 Å². The van der Waals surface area contributed by atoms with Crippen LogP contribution >= 0.6 is 11.8 Å². The zero-order valence-electron chi connectivity index (χ0n) is 13.0. The summed E-state index contributed by atoms with van der Waals surface area (Å²) in [5.74, 6) is 0.306.